The maximum atomic E-state index is 13.8. The maximum Gasteiger partial charge on any atom is 0.419 e. The molecule has 0 N–H and O–H groups in total. The molecule has 0 saturated carbocycles. The largest absolute Gasteiger partial charge is 0.419 e. The number of alkyl halides is 3. The predicted molar refractivity (Wildman–Crippen MR) is 95.4 cm³/mol. The Bertz CT molecular complexity index is 865. The van der Waals surface area contributed by atoms with Crippen LogP contribution in [0.1, 0.15) is 29.5 Å². The molecular formula is C22H18F4. The molecule has 134 valence electrons. The van der Waals surface area contributed by atoms with Crippen LogP contribution in [0.2, 0.25) is 0 Å². The van der Waals surface area contributed by atoms with E-state index < -0.39 is 17.6 Å². The lowest BCUT2D eigenvalue weighted by Gasteiger charge is -2.13. The summed E-state index contributed by atoms with van der Waals surface area (Å²) in [4.78, 5) is 0. The number of halogens is 4. The zero-order valence-electron chi connectivity index (χ0n) is 14.2. The van der Waals surface area contributed by atoms with Gasteiger partial charge in [0.2, 0.25) is 0 Å². The first-order valence-electron chi connectivity index (χ1n) is 8.35. The van der Waals surface area contributed by atoms with Gasteiger partial charge in [0.15, 0.2) is 0 Å². The summed E-state index contributed by atoms with van der Waals surface area (Å²) in [5.74, 6) is -0.901. The molecular weight excluding hydrogens is 340 g/mol. The van der Waals surface area contributed by atoms with Crippen LogP contribution in [-0.2, 0) is 12.6 Å². The topological polar surface area (TPSA) is 0 Å². The highest BCUT2D eigenvalue weighted by Gasteiger charge is 2.33. The zero-order valence-corrected chi connectivity index (χ0v) is 14.2. The summed E-state index contributed by atoms with van der Waals surface area (Å²) in [6, 6.07) is 20.7. The third kappa shape index (κ3) is 4.13. The van der Waals surface area contributed by atoms with Crippen LogP contribution in [0, 0.1) is 5.82 Å². The van der Waals surface area contributed by atoms with Crippen LogP contribution in [0.3, 0.4) is 0 Å². The number of benzene rings is 3. The molecule has 0 amide bonds. The van der Waals surface area contributed by atoms with Crippen LogP contribution in [-0.4, -0.2) is 0 Å². The van der Waals surface area contributed by atoms with Gasteiger partial charge in [-0.15, -0.1) is 0 Å². The molecule has 0 saturated heterocycles. The minimum atomic E-state index is -4.68. The Morgan fingerprint density at radius 2 is 1.42 bits per heavy atom. The van der Waals surface area contributed by atoms with Crippen LogP contribution in [0.5, 0.6) is 0 Å². The normalized spacial score (nSPS) is 12.8. The van der Waals surface area contributed by atoms with Gasteiger partial charge < -0.3 is 0 Å². The Morgan fingerprint density at radius 3 is 2.00 bits per heavy atom. The van der Waals surface area contributed by atoms with Gasteiger partial charge >= 0.3 is 6.18 Å². The van der Waals surface area contributed by atoms with E-state index in [1.807, 2.05) is 42.5 Å². The Balaban J connectivity index is 1.77. The molecule has 4 heteroatoms. The third-order valence-electron chi connectivity index (χ3n) is 4.47. The first-order valence-corrected chi connectivity index (χ1v) is 8.35. The fourth-order valence-electron chi connectivity index (χ4n) is 3.01. The highest BCUT2D eigenvalue weighted by atomic mass is 19.4. The molecule has 3 aromatic carbocycles. The van der Waals surface area contributed by atoms with E-state index in [4.69, 9.17) is 0 Å². The first-order chi connectivity index (χ1) is 12.3. The summed E-state index contributed by atoms with van der Waals surface area (Å²) in [5.41, 5.74) is 2.25. The van der Waals surface area contributed by atoms with Crippen molar-refractivity contribution in [2.45, 2.75) is 25.4 Å². The van der Waals surface area contributed by atoms with E-state index in [1.165, 1.54) is 11.6 Å². The summed E-state index contributed by atoms with van der Waals surface area (Å²) in [7, 11) is 0. The molecule has 0 aliphatic rings. The predicted octanol–water partition coefficient (Wildman–Crippen LogP) is 6.86. The standard InChI is InChI=1S/C22H18F4/c1-15(17-5-3-2-4-6-17)13-16-7-9-18(10-8-16)19-11-12-20(21(23)14-19)22(24,25)26/h2-12,14-15H,13H2,1H3. The molecule has 0 radical (unpaired) electrons. The highest BCUT2D eigenvalue weighted by Crippen LogP contribution is 2.33. The minimum absolute atomic E-state index is 0.352. The van der Waals surface area contributed by atoms with E-state index in [0.29, 0.717) is 17.0 Å². The summed E-state index contributed by atoms with van der Waals surface area (Å²) in [6.07, 6.45) is -3.83. The van der Waals surface area contributed by atoms with E-state index in [-0.39, 0.29) is 0 Å². The van der Waals surface area contributed by atoms with Crippen LogP contribution in [0.25, 0.3) is 11.1 Å². The van der Waals surface area contributed by atoms with Crippen molar-refractivity contribution in [3.8, 4) is 11.1 Å². The molecule has 3 rings (SSSR count). The molecule has 0 spiro atoms. The van der Waals surface area contributed by atoms with Crippen LogP contribution in [0.15, 0.2) is 72.8 Å². The monoisotopic (exact) mass is 358 g/mol. The van der Waals surface area contributed by atoms with Crippen molar-refractivity contribution < 1.29 is 17.6 Å². The van der Waals surface area contributed by atoms with E-state index in [1.54, 1.807) is 0 Å². The van der Waals surface area contributed by atoms with Crippen LogP contribution in [0.4, 0.5) is 17.6 Å². The molecule has 0 bridgehead atoms. The smallest absolute Gasteiger partial charge is 0.206 e. The highest BCUT2D eigenvalue weighted by molar-refractivity contribution is 5.64. The van der Waals surface area contributed by atoms with E-state index in [9.17, 15) is 17.6 Å². The fourth-order valence-corrected chi connectivity index (χ4v) is 3.01. The summed E-state index contributed by atoms with van der Waals surface area (Å²) in [6.45, 7) is 2.15. The maximum absolute atomic E-state index is 13.8. The van der Waals surface area contributed by atoms with Crippen molar-refractivity contribution in [1.29, 1.82) is 0 Å². The van der Waals surface area contributed by atoms with Crippen LogP contribution >= 0.6 is 0 Å². The molecule has 0 heterocycles. The van der Waals surface area contributed by atoms with Gasteiger partial charge in [0.05, 0.1) is 5.56 Å². The van der Waals surface area contributed by atoms with Crippen molar-refractivity contribution in [2.24, 2.45) is 0 Å². The van der Waals surface area contributed by atoms with Gasteiger partial charge in [0.1, 0.15) is 5.82 Å². The van der Waals surface area contributed by atoms with Crippen molar-refractivity contribution in [3.63, 3.8) is 0 Å². The molecule has 0 fully saturated rings. The molecule has 0 aromatic heterocycles. The van der Waals surface area contributed by atoms with Gasteiger partial charge in [0, 0.05) is 0 Å². The van der Waals surface area contributed by atoms with Gasteiger partial charge in [-0.3, -0.25) is 0 Å². The third-order valence-corrected chi connectivity index (χ3v) is 4.47. The van der Waals surface area contributed by atoms with Crippen molar-refractivity contribution in [3.05, 3.63) is 95.3 Å². The average molecular weight is 358 g/mol. The minimum Gasteiger partial charge on any atom is -0.206 e. The zero-order chi connectivity index (χ0) is 18.7. The van der Waals surface area contributed by atoms with Gasteiger partial charge in [-0.1, -0.05) is 67.6 Å². The quantitative estimate of drug-likeness (QED) is 0.447. The van der Waals surface area contributed by atoms with Gasteiger partial charge in [-0.05, 0) is 46.7 Å². The van der Waals surface area contributed by atoms with Crippen LogP contribution < -0.4 is 0 Å². The van der Waals surface area contributed by atoms with Crippen molar-refractivity contribution in [1.82, 2.24) is 0 Å². The SMILES string of the molecule is CC(Cc1ccc(-c2ccc(C(F)(F)F)c(F)c2)cc1)c1ccccc1. The number of hydrogen-bond donors (Lipinski definition) is 0. The summed E-state index contributed by atoms with van der Waals surface area (Å²) < 4.78 is 51.7. The molecule has 0 aliphatic carbocycles. The van der Waals surface area contributed by atoms with Crippen molar-refractivity contribution >= 4 is 0 Å². The lowest BCUT2D eigenvalue weighted by Crippen LogP contribution is -2.07. The second-order valence-electron chi connectivity index (χ2n) is 6.41. The molecule has 1 atom stereocenters. The van der Waals surface area contributed by atoms with E-state index >= 15 is 0 Å². The molecule has 3 aromatic rings. The van der Waals surface area contributed by atoms with Crippen molar-refractivity contribution in [2.75, 3.05) is 0 Å². The Morgan fingerprint density at radius 1 is 0.808 bits per heavy atom. The lowest BCUT2D eigenvalue weighted by molar-refractivity contribution is -0.139. The Hall–Kier alpha value is -2.62. The summed E-state index contributed by atoms with van der Waals surface area (Å²) >= 11 is 0. The Labute approximate surface area is 150 Å². The first kappa shape index (κ1) is 18.2. The molecule has 0 aliphatic heterocycles. The fraction of sp³-hybridized carbons (Fsp3) is 0.182. The molecule has 26 heavy (non-hydrogen) atoms. The average Bonchev–Trinajstić information content (AvgIpc) is 2.62. The van der Waals surface area contributed by atoms with Gasteiger partial charge in [-0.2, -0.15) is 13.2 Å². The number of rotatable bonds is 4. The van der Waals surface area contributed by atoms with E-state index in [2.05, 4.69) is 19.1 Å². The second kappa shape index (κ2) is 7.32. The molecule has 0 nitrogen and oxygen atoms in total. The molecule has 1 unspecified atom stereocenters. The van der Waals surface area contributed by atoms with Gasteiger partial charge in [0.25, 0.3) is 0 Å². The number of hydrogen-bond acceptors (Lipinski definition) is 0. The second-order valence-corrected chi connectivity index (χ2v) is 6.41. The van der Waals surface area contributed by atoms with Gasteiger partial charge in [-0.25, -0.2) is 4.39 Å². The lowest BCUT2D eigenvalue weighted by atomic mass is 9.93. The Kier molecular flexibility index (Phi) is 5.12. The van der Waals surface area contributed by atoms with E-state index in [0.717, 1.165) is 24.1 Å². The summed E-state index contributed by atoms with van der Waals surface area (Å²) in [5, 5.41) is 0.